The third-order valence-corrected chi connectivity index (χ3v) is 2.93. The molecule has 14 heavy (non-hydrogen) atoms. The monoisotopic (exact) mass is 219 g/mol. The first-order valence-corrected chi connectivity index (χ1v) is 6.12. The Kier molecular flexibility index (Phi) is 5.23. The fourth-order valence-electron chi connectivity index (χ4n) is 1.90. The van der Waals surface area contributed by atoms with Gasteiger partial charge in [-0.1, -0.05) is 32.1 Å². The Hall–Kier alpha value is -0.310. The van der Waals surface area contributed by atoms with E-state index in [1.807, 2.05) is 0 Å². The SMILES string of the molecule is O=C(CO[P+](=O)O)CC1CCCCC1. The molecule has 1 N–H and O–H groups in total. The minimum absolute atomic E-state index is 0.0608. The molecular weight excluding hydrogens is 203 g/mol. The van der Waals surface area contributed by atoms with Gasteiger partial charge in [-0.25, -0.2) is 0 Å². The van der Waals surface area contributed by atoms with Crippen molar-refractivity contribution in [1.29, 1.82) is 0 Å². The van der Waals surface area contributed by atoms with Crippen molar-refractivity contribution in [2.45, 2.75) is 38.5 Å². The Morgan fingerprint density at radius 3 is 2.57 bits per heavy atom. The number of ketones is 1. The summed E-state index contributed by atoms with van der Waals surface area (Å²) in [5.74, 6) is 0.408. The van der Waals surface area contributed by atoms with E-state index in [1.54, 1.807) is 0 Å². The second-order valence-corrected chi connectivity index (χ2v) is 4.49. The van der Waals surface area contributed by atoms with Gasteiger partial charge in [0.05, 0.1) is 0 Å². The van der Waals surface area contributed by atoms with Crippen LogP contribution in [-0.4, -0.2) is 17.3 Å². The highest BCUT2D eigenvalue weighted by molar-refractivity contribution is 7.32. The van der Waals surface area contributed by atoms with Crippen molar-refractivity contribution < 1.29 is 18.8 Å². The molecule has 0 saturated heterocycles. The third-order valence-electron chi connectivity index (χ3n) is 2.58. The summed E-state index contributed by atoms with van der Waals surface area (Å²) in [6.07, 6.45) is 6.39. The zero-order valence-electron chi connectivity index (χ0n) is 8.15. The van der Waals surface area contributed by atoms with Crippen LogP contribution in [0.5, 0.6) is 0 Å². The maximum Gasteiger partial charge on any atom is 0.695 e. The van der Waals surface area contributed by atoms with E-state index in [9.17, 15) is 9.36 Å². The summed E-state index contributed by atoms with van der Waals surface area (Å²) in [6, 6.07) is 0. The summed E-state index contributed by atoms with van der Waals surface area (Å²) in [4.78, 5) is 19.6. The predicted octanol–water partition coefficient (Wildman–Crippen LogP) is 2.19. The number of hydrogen-bond acceptors (Lipinski definition) is 3. The van der Waals surface area contributed by atoms with E-state index in [1.165, 1.54) is 19.3 Å². The van der Waals surface area contributed by atoms with Crippen LogP contribution >= 0.6 is 8.25 Å². The van der Waals surface area contributed by atoms with Crippen LogP contribution in [0.4, 0.5) is 0 Å². The summed E-state index contributed by atoms with van der Waals surface area (Å²) >= 11 is 0. The van der Waals surface area contributed by atoms with Crippen molar-refractivity contribution in [2.75, 3.05) is 6.61 Å². The highest BCUT2D eigenvalue weighted by atomic mass is 31.1. The smallest absolute Gasteiger partial charge is 0.297 e. The summed E-state index contributed by atoms with van der Waals surface area (Å²) in [7, 11) is -2.63. The quantitative estimate of drug-likeness (QED) is 0.720. The molecule has 0 spiro atoms. The maximum absolute atomic E-state index is 11.3. The molecule has 1 aliphatic rings. The maximum atomic E-state index is 11.3. The Morgan fingerprint density at radius 2 is 2.00 bits per heavy atom. The van der Waals surface area contributed by atoms with Crippen LogP contribution in [0.1, 0.15) is 38.5 Å². The highest BCUT2D eigenvalue weighted by Crippen LogP contribution is 2.26. The standard InChI is InChI=1S/C9H15O4P/c10-9(7-13-14(11)12)6-8-4-2-1-3-5-8/h8H,1-7H2/p+1. The molecule has 1 saturated carbocycles. The second kappa shape index (κ2) is 6.23. The Balaban J connectivity index is 2.15. The van der Waals surface area contributed by atoms with Crippen LogP contribution < -0.4 is 0 Å². The van der Waals surface area contributed by atoms with E-state index in [0.717, 1.165) is 12.8 Å². The van der Waals surface area contributed by atoms with Gasteiger partial charge < -0.3 is 0 Å². The van der Waals surface area contributed by atoms with Crippen molar-refractivity contribution in [1.82, 2.24) is 0 Å². The van der Waals surface area contributed by atoms with Gasteiger partial charge in [-0.2, -0.15) is 0 Å². The molecule has 80 valence electrons. The van der Waals surface area contributed by atoms with Gasteiger partial charge in [-0.3, -0.25) is 4.79 Å². The summed E-state index contributed by atoms with van der Waals surface area (Å²) < 4.78 is 14.5. The Morgan fingerprint density at radius 1 is 1.36 bits per heavy atom. The van der Waals surface area contributed by atoms with Gasteiger partial charge in [0.2, 0.25) is 0 Å². The van der Waals surface area contributed by atoms with Gasteiger partial charge in [0.1, 0.15) is 0 Å². The number of carbonyl (C=O) groups excluding carboxylic acids is 1. The minimum Gasteiger partial charge on any atom is -0.297 e. The van der Waals surface area contributed by atoms with Crippen molar-refractivity contribution in [2.24, 2.45) is 5.92 Å². The molecule has 4 nitrogen and oxygen atoms in total. The van der Waals surface area contributed by atoms with Gasteiger partial charge in [-0.05, 0) is 5.92 Å². The molecule has 0 bridgehead atoms. The molecule has 1 atom stereocenters. The van der Waals surface area contributed by atoms with E-state index < -0.39 is 8.25 Å². The van der Waals surface area contributed by atoms with Crippen molar-refractivity contribution >= 4 is 14.0 Å². The Labute approximate surface area is 84.6 Å². The van der Waals surface area contributed by atoms with Gasteiger partial charge >= 0.3 is 8.25 Å². The first kappa shape index (κ1) is 11.8. The molecule has 0 amide bonds. The summed E-state index contributed by atoms with van der Waals surface area (Å²) in [5.41, 5.74) is 0. The van der Waals surface area contributed by atoms with Gasteiger partial charge in [0.25, 0.3) is 0 Å². The molecule has 5 heteroatoms. The average Bonchev–Trinajstić information content (AvgIpc) is 2.16. The number of carbonyl (C=O) groups is 1. The van der Waals surface area contributed by atoms with Crippen molar-refractivity contribution in [3.05, 3.63) is 0 Å². The van der Waals surface area contributed by atoms with Crippen molar-refractivity contribution in [3.63, 3.8) is 0 Å². The molecule has 1 unspecified atom stereocenters. The second-order valence-electron chi connectivity index (χ2n) is 3.76. The highest BCUT2D eigenvalue weighted by Gasteiger charge is 2.20. The van der Waals surface area contributed by atoms with Crippen LogP contribution in [0.2, 0.25) is 0 Å². The fraction of sp³-hybridized carbons (Fsp3) is 0.889. The van der Waals surface area contributed by atoms with Crippen molar-refractivity contribution in [3.8, 4) is 0 Å². The van der Waals surface area contributed by atoms with Crippen LogP contribution in [-0.2, 0) is 13.9 Å². The molecule has 0 heterocycles. The fourth-order valence-corrected chi connectivity index (χ4v) is 2.15. The third kappa shape index (κ3) is 4.80. The molecule has 1 rings (SSSR count). The molecule has 1 fully saturated rings. The normalized spacial score (nSPS) is 19.4. The lowest BCUT2D eigenvalue weighted by molar-refractivity contribution is -0.122. The van der Waals surface area contributed by atoms with Crippen LogP contribution in [0.15, 0.2) is 0 Å². The number of Topliss-reactive ketones (excluding diaryl/α,β-unsaturated/α-hetero) is 1. The van der Waals surface area contributed by atoms with E-state index in [2.05, 4.69) is 4.52 Å². The zero-order valence-corrected chi connectivity index (χ0v) is 9.04. The van der Waals surface area contributed by atoms with Gasteiger partial charge in [0, 0.05) is 11.0 Å². The van der Waals surface area contributed by atoms with Gasteiger partial charge in [0.15, 0.2) is 12.4 Å². The van der Waals surface area contributed by atoms with E-state index in [4.69, 9.17) is 4.89 Å². The van der Waals surface area contributed by atoms with Crippen LogP contribution in [0.3, 0.4) is 0 Å². The number of rotatable bonds is 5. The lowest BCUT2D eigenvalue weighted by Crippen LogP contribution is -2.14. The topological polar surface area (TPSA) is 63.6 Å². The first-order valence-electron chi connectivity index (χ1n) is 4.99. The molecular formula is C9H16O4P+. The van der Waals surface area contributed by atoms with E-state index in [0.29, 0.717) is 12.3 Å². The van der Waals surface area contributed by atoms with Crippen LogP contribution in [0, 0.1) is 5.92 Å². The molecule has 0 aromatic carbocycles. The molecule has 0 aliphatic heterocycles. The first-order chi connectivity index (χ1) is 6.68. The molecule has 0 radical (unpaired) electrons. The van der Waals surface area contributed by atoms with Gasteiger partial charge in [-0.15, -0.1) is 9.42 Å². The minimum atomic E-state index is -2.63. The summed E-state index contributed by atoms with van der Waals surface area (Å²) in [6.45, 7) is -0.220. The summed E-state index contributed by atoms with van der Waals surface area (Å²) in [5, 5.41) is 0. The largest absolute Gasteiger partial charge is 0.695 e. The lowest BCUT2D eigenvalue weighted by atomic mass is 9.86. The van der Waals surface area contributed by atoms with E-state index in [-0.39, 0.29) is 12.4 Å². The van der Waals surface area contributed by atoms with Crippen LogP contribution in [0.25, 0.3) is 0 Å². The van der Waals surface area contributed by atoms with E-state index >= 15 is 0 Å². The predicted molar refractivity (Wildman–Crippen MR) is 52.0 cm³/mol. The zero-order chi connectivity index (χ0) is 10.4. The average molecular weight is 219 g/mol. The Bertz CT molecular complexity index is 211. The molecule has 0 aromatic rings. The number of hydrogen-bond donors (Lipinski definition) is 1. The molecule has 1 aliphatic carbocycles. The lowest BCUT2D eigenvalue weighted by Gasteiger charge is -2.19. The molecule has 0 aromatic heterocycles.